The Kier molecular flexibility index (Phi) is 7.44. The van der Waals surface area contributed by atoms with Crippen LogP contribution in [0.2, 0.25) is 0 Å². The highest BCUT2D eigenvalue weighted by atomic mass is 16.5. The van der Waals surface area contributed by atoms with Crippen molar-refractivity contribution in [1.82, 2.24) is 14.9 Å². The summed E-state index contributed by atoms with van der Waals surface area (Å²) in [6.07, 6.45) is 14.4. The van der Waals surface area contributed by atoms with Gasteiger partial charge in [-0.3, -0.25) is 0 Å². The van der Waals surface area contributed by atoms with Crippen molar-refractivity contribution in [2.45, 2.75) is 90.2 Å². The topological polar surface area (TPSA) is 38.2 Å². The molecule has 1 aliphatic carbocycles. The maximum atomic E-state index is 5.96. The van der Waals surface area contributed by atoms with Crippen molar-refractivity contribution in [1.29, 1.82) is 0 Å². The van der Waals surface area contributed by atoms with Gasteiger partial charge in [0.1, 0.15) is 5.82 Å². The van der Waals surface area contributed by atoms with E-state index in [0.717, 1.165) is 37.2 Å². The molecule has 4 heteroatoms. The lowest BCUT2D eigenvalue weighted by molar-refractivity contribution is 0.0116. The highest BCUT2D eigenvalue weighted by molar-refractivity contribution is 5.13. The number of nitrogens with zero attached hydrogens (tertiary/aromatic N) is 3. The zero-order chi connectivity index (χ0) is 18.4. The fraction of sp³-hybridized carbons (Fsp3) is 0.818. The van der Waals surface area contributed by atoms with Gasteiger partial charge in [-0.05, 0) is 82.4 Å². The first-order valence-corrected chi connectivity index (χ1v) is 10.9. The maximum absolute atomic E-state index is 5.96. The van der Waals surface area contributed by atoms with E-state index in [1.54, 1.807) is 0 Å². The van der Waals surface area contributed by atoms with Crippen molar-refractivity contribution < 1.29 is 4.74 Å². The number of aromatic nitrogens is 2. The summed E-state index contributed by atoms with van der Waals surface area (Å²) in [7, 11) is 0. The Bertz CT molecular complexity index is 517. The van der Waals surface area contributed by atoms with E-state index in [1.807, 2.05) is 0 Å². The van der Waals surface area contributed by atoms with E-state index in [-0.39, 0.29) is 0 Å². The third kappa shape index (κ3) is 5.26. The first-order valence-electron chi connectivity index (χ1n) is 10.9. The van der Waals surface area contributed by atoms with Crippen LogP contribution in [-0.2, 0) is 11.2 Å². The summed E-state index contributed by atoms with van der Waals surface area (Å²) in [5.41, 5.74) is 1.35. The van der Waals surface area contributed by atoms with Gasteiger partial charge in [-0.2, -0.15) is 0 Å². The van der Waals surface area contributed by atoms with E-state index in [2.05, 4.69) is 48.0 Å². The monoisotopic (exact) mass is 359 g/mol. The van der Waals surface area contributed by atoms with E-state index in [1.165, 1.54) is 57.2 Å². The molecule has 0 aromatic carbocycles. The molecule has 1 saturated carbocycles. The van der Waals surface area contributed by atoms with E-state index < -0.39 is 0 Å². The van der Waals surface area contributed by atoms with Crippen molar-refractivity contribution in [2.24, 2.45) is 5.92 Å². The Morgan fingerprint density at radius 1 is 1.04 bits per heavy atom. The normalized spacial score (nSPS) is 26.7. The van der Waals surface area contributed by atoms with Crippen LogP contribution in [-0.4, -0.2) is 46.7 Å². The predicted molar refractivity (Wildman–Crippen MR) is 106 cm³/mol. The standard InChI is InChI=1S/C22H37N3O/c1-4-17(3)26-16-18-10-12-25(13-11-18)21-8-6-19(7-9-21)20-14-23-22(5-2)24-15-20/h14-15,17-19,21H,4-13,16H2,1-3H3. The SMILES string of the molecule is CCc1ncc(C2CCC(N3CCC(COC(C)CC)CC3)CC2)cn1. The lowest BCUT2D eigenvalue weighted by Gasteiger charge is -2.41. The van der Waals surface area contributed by atoms with Crippen LogP contribution in [0.5, 0.6) is 0 Å². The molecule has 1 saturated heterocycles. The van der Waals surface area contributed by atoms with Gasteiger partial charge in [0.25, 0.3) is 0 Å². The predicted octanol–water partition coefficient (Wildman–Crippen LogP) is 4.59. The van der Waals surface area contributed by atoms with E-state index in [0.29, 0.717) is 12.0 Å². The fourth-order valence-corrected chi connectivity index (χ4v) is 4.44. The van der Waals surface area contributed by atoms with Gasteiger partial charge in [0.2, 0.25) is 0 Å². The zero-order valence-corrected chi connectivity index (χ0v) is 17.0. The van der Waals surface area contributed by atoms with Crippen molar-refractivity contribution >= 4 is 0 Å². The van der Waals surface area contributed by atoms with Crippen LogP contribution in [0.4, 0.5) is 0 Å². The second-order valence-electron chi connectivity index (χ2n) is 8.32. The first-order chi connectivity index (χ1) is 12.7. The summed E-state index contributed by atoms with van der Waals surface area (Å²) in [5.74, 6) is 2.40. The Labute approximate surface area is 159 Å². The van der Waals surface area contributed by atoms with E-state index in [4.69, 9.17) is 4.74 Å². The first kappa shape index (κ1) is 19.8. The Morgan fingerprint density at radius 2 is 1.69 bits per heavy atom. The van der Waals surface area contributed by atoms with Crippen LogP contribution in [0.3, 0.4) is 0 Å². The summed E-state index contributed by atoms with van der Waals surface area (Å²) in [6, 6.07) is 0.790. The zero-order valence-electron chi connectivity index (χ0n) is 17.0. The molecule has 1 atom stereocenters. The number of hydrogen-bond donors (Lipinski definition) is 0. The molecule has 0 bridgehead atoms. The maximum Gasteiger partial charge on any atom is 0.127 e. The van der Waals surface area contributed by atoms with Gasteiger partial charge < -0.3 is 9.64 Å². The second kappa shape index (κ2) is 9.80. The van der Waals surface area contributed by atoms with Gasteiger partial charge in [-0.25, -0.2) is 9.97 Å². The van der Waals surface area contributed by atoms with Crippen LogP contribution < -0.4 is 0 Å². The molecule has 1 aromatic rings. The molecule has 4 nitrogen and oxygen atoms in total. The van der Waals surface area contributed by atoms with Crippen molar-refractivity contribution in [3.63, 3.8) is 0 Å². The fourth-order valence-electron chi connectivity index (χ4n) is 4.44. The number of aryl methyl sites for hydroxylation is 1. The van der Waals surface area contributed by atoms with Crippen molar-refractivity contribution in [2.75, 3.05) is 19.7 Å². The molecule has 2 heterocycles. The average molecular weight is 360 g/mol. The van der Waals surface area contributed by atoms with Crippen LogP contribution in [0.1, 0.15) is 83.0 Å². The molecule has 2 aliphatic rings. The molecule has 0 N–H and O–H groups in total. The molecule has 1 aliphatic heterocycles. The number of rotatable bonds is 7. The minimum Gasteiger partial charge on any atom is -0.378 e. The van der Waals surface area contributed by atoms with E-state index >= 15 is 0 Å². The molecule has 0 radical (unpaired) electrons. The Morgan fingerprint density at radius 3 is 2.27 bits per heavy atom. The van der Waals surface area contributed by atoms with Gasteiger partial charge >= 0.3 is 0 Å². The van der Waals surface area contributed by atoms with Crippen LogP contribution >= 0.6 is 0 Å². The molecule has 26 heavy (non-hydrogen) atoms. The lowest BCUT2D eigenvalue weighted by atomic mass is 9.81. The minimum atomic E-state index is 0.415. The molecule has 2 fully saturated rings. The second-order valence-corrected chi connectivity index (χ2v) is 8.32. The van der Waals surface area contributed by atoms with Crippen LogP contribution in [0.25, 0.3) is 0 Å². The summed E-state index contributed by atoms with van der Waals surface area (Å²) in [5, 5.41) is 0. The van der Waals surface area contributed by atoms with Gasteiger partial charge in [-0.15, -0.1) is 0 Å². The van der Waals surface area contributed by atoms with Gasteiger partial charge in [0.05, 0.1) is 6.10 Å². The highest BCUT2D eigenvalue weighted by Gasteiger charge is 2.29. The van der Waals surface area contributed by atoms with E-state index in [9.17, 15) is 0 Å². The third-order valence-electron chi connectivity index (χ3n) is 6.57. The summed E-state index contributed by atoms with van der Waals surface area (Å²) in [6.45, 7) is 9.99. The molecule has 3 rings (SSSR count). The average Bonchev–Trinajstić information content (AvgIpc) is 2.72. The summed E-state index contributed by atoms with van der Waals surface area (Å²) < 4.78 is 5.96. The van der Waals surface area contributed by atoms with Crippen molar-refractivity contribution in [3.8, 4) is 0 Å². The van der Waals surface area contributed by atoms with Gasteiger partial charge in [-0.1, -0.05) is 13.8 Å². The molecular weight excluding hydrogens is 322 g/mol. The van der Waals surface area contributed by atoms with Crippen molar-refractivity contribution in [3.05, 3.63) is 23.8 Å². The molecule has 0 amide bonds. The minimum absolute atomic E-state index is 0.415. The summed E-state index contributed by atoms with van der Waals surface area (Å²) >= 11 is 0. The van der Waals surface area contributed by atoms with Gasteiger partial charge in [0.15, 0.2) is 0 Å². The quantitative estimate of drug-likeness (QED) is 0.713. The number of hydrogen-bond acceptors (Lipinski definition) is 4. The largest absolute Gasteiger partial charge is 0.378 e. The molecule has 1 aromatic heterocycles. The van der Waals surface area contributed by atoms with Gasteiger partial charge in [0, 0.05) is 31.5 Å². The Balaban J connectivity index is 1.40. The highest BCUT2D eigenvalue weighted by Crippen LogP contribution is 2.35. The third-order valence-corrected chi connectivity index (χ3v) is 6.57. The smallest absolute Gasteiger partial charge is 0.127 e. The molecular formula is C22H37N3O. The number of piperidine rings is 1. The number of ether oxygens (including phenoxy) is 1. The van der Waals surface area contributed by atoms with Crippen LogP contribution in [0, 0.1) is 5.92 Å². The number of likely N-dealkylation sites (tertiary alicyclic amines) is 1. The Hall–Kier alpha value is -1.00. The molecule has 146 valence electrons. The lowest BCUT2D eigenvalue weighted by Crippen LogP contribution is -2.43. The molecule has 1 unspecified atom stereocenters. The van der Waals surface area contributed by atoms with Crippen LogP contribution in [0.15, 0.2) is 12.4 Å². The summed E-state index contributed by atoms with van der Waals surface area (Å²) in [4.78, 5) is 11.7. The molecule has 0 spiro atoms.